The van der Waals surface area contributed by atoms with Crippen molar-refractivity contribution in [3.63, 3.8) is 0 Å². The van der Waals surface area contributed by atoms with E-state index >= 15 is 0 Å². The molecule has 0 aromatic heterocycles. The van der Waals surface area contributed by atoms with Crippen molar-refractivity contribution >= 4 is 0 Å². The van der Waals surface area contributed by atoms with Crippen LogP contribution in [0.3, 0.4) is 0 Å². The number of aliphatic hydroxyl groups is 1. The predicted molar refractivity (Wildman–Crippen MR) is 85.0 cm³/mol. The molecule has 0 saturated carbocycles. The van der Waals surface area contributed by atoms with Crippen molar-refractivity contribution in [3.05, 3.63) is 70.3 Å². The number of aliphatic hydroxyl groups excluding tert-OH is 1. The first kappa shape index (κ1) is 14.8. The molecular weight excluding hydrogens is 244 g/mol. The average Bonchev–Trinajstić information content (AvgIpc) is 2.40. The van der Waals surface area contributed by atoms with Gasteiger partial charge in [0, 0.05) is 0 Å². The van der Waals surface area contributed by atoms with Crippen LogP contribution in [0.25, 0.3) is 0 Å². The van der Waals surface area contributed by atoms with Gasteiger partial charge in [0.05, 0.1) is 0 Å². The van der Waals surface area contributed by atoms with Crippen LogP contribution < -0.4 is 0 Å². The van der Waals surface area contributed by atoms with E-state index in [2.05, 4.69) is 52.0 Å². The van der Waals surface area contributed by atoms with Crippen molar-refractivity contribution in [2.24, 2.45) is 5.92 Å². The maximum atomic E-state index is 10.6. The molecule has 0 fully saturated rings. The summed E-state index contributed by atoms with van der Waals surface area (Å²) in [6.45, 7) is 8.61. The molecule has 0 heterocycles. The Morgan fingerprint density at radius 2 is 1.60 bits per heavy atom. The molecule has 2 rings (SSSR count). The molecule has 0 radical (unpaired) electrons. The summed E-state index contributed by atoms with van der Waals surface area (Å²) in [6.07, 6.45) is 0.509. The molecule has 1 heteroatoms. The molecule has 20 heavy (non-hydrogen) atoms. The Morgan fingerprint density at radius 1 is 0.900 bits per heavy atom. The minimum absolute atomic E-state index is 0.540. The Morgan fingerprint density at radius 3 is 2.25 bits per heavy atom. The van der Waals surface area contributed by atoms with E-state index in [4.69, 9.17) is 0 Å². The molecule has 1 nitrogen and oxygen atoms in total. The topological polar surface area (TPSA) is 20.2 Å². The second kappa shape index (κ2) is 6.23. The molecule has 1 atom stereocenters. The second-order valence-corrected chi connectivity index (χ2v) is 6.09. The summed E-state index contributed by atoms with van der Waals surface area (Å²) in [5, 5.41) is 10.6. The monoisotopic (exact) mass is 268 g/mol. The fourth-order valence-electron chi connectivity index (χ4n) is 2.49. The second-order valence-electron chi connectivity index (χ2n) is 6.09. The lowest BCUT2D eigenvalue weighted by molar-refractivity contribution is 0.220. The van der Waals surface area contributed by atoms with Crippen LogP contribution in [0.15, 0.2) is 42.5 Å². The zero-order valence-corrected chi connectivity index (χ0v) is 12.9. The highest BCUT2D eigenvalue weighted by Gasteiger charge is 2.12. The Hall–Kier alpha value is -1.60. The number of rotatable bonds is 4. The fourth-order valence-corrected chi connectivity index (χ4v) is 2.49. The summed E-state index contributed by atoms with van der Waals surface area (Å²) in [5.74, 6) is 0.629. The fraction of sp³-hybridized carbons (Fsp3) is 0.368. The molecule has 0 amide bonds. The molecule has 2 aromatic rings. The van der Waals surface area contributed by atoms with Gasteiger partial charge >= 0.3 is 0 Å². The first-order valence-electron chi connectivity index (χ1n) is 7.31. The van der Waals surface area contributed by atoms with Gasteiger partial charge in [-0.2, -0.15) is 0 Å². The molecule has 1 N–H and O–H groups in total. The van der Waals surface area contributed by atoms with Gasteiger partial charge in [0.15, 0.2) is 0 Å². The van der Waals surface area contributed by atoms with Gasteiger partial charge in [0.1, 0.15) is 6.10 Å². The van der Waals surface area contributed by atoms with Gasteiger partial charge in [-0.15, -0.1) is 0 Å². The van der Waals surface area contributed by atoms with Gasteiger partial charge in [-0.25, -0.2) is 0 Å². The van der Waals surface area contributed by atoms with E-state index in [-0.39, 0.29) is 0 Å². The van der Waals surface area contributed by atoms with Gasteiger partial charge in [-0.05, 0) is 54.0 Å². The molecule has 0 bridgehead atoms. The molecule has 1 unspecified atom stereocenters. The lowest BCUT2D eigenvalue weighted by Gasteiger charge is -2.15. The summed E-state index contributed by atoms with van der Waals surface area (Å²) >= 11 is 0. The predicted octanol–water partition coefficient (Wildman–Crippen LogP) is 4.58. The van der Waals surface area contributed by atoms with Crippen LogP contribution in [-0.2, 0) is 6.42 Å². The van der Waals surface area contributed by atoms with Gasteiger partial charge < -0.3 is 5.11 Å². The molecule has 0 aliphatic rings. The first-order chi connectivity index (χ1) is 9.47. The van der Waals surface area contributed by atoms with Crippen molar-refractivity contribution in [2.75, 3.05) is 0 Å². The highest BCUT2D eigenvalue weighted by Crippen LogP contribution is 2.25. The van der Waals surface area contributed by atoms with Crippen LogP contribution in [-0.4, -0.2) is 5.11 Å². The van der Waals surface area contributed by atoms with Crippen LogP contribution in [0.2, 0.25) is 0 Å². The van der Waals surface area contributed by atoms with Crippen molar-refractivity contribution < 1.29 is 5.11 Å². The summed E-state index contributed by atoms with van der Waals surface area (Å²) in [6, 6.07) is 14.5. The van der Waals surface area contributed by atoms with Crippen LogP contribution in [0.1, 0.15) is 47.8 Å². The van der Waals surface area contributed by atoms with E-state index < -0.39 is 6.10 Å². The van der Waals surface area contributed by atoms with Crippen LogP contribution >= 0.6 is 0 Å². The van der Waals surface area contributed by atoms with E-state index in [9.17, 15) is 5.11 Å². The normalized spacial score (nSPS) is 12.7. The zero-order valence-electron chi connectivity index (χ0n) is 12.9. The summed E-state index contributed by atoms with van der Waals surface area (Å²) < 4.78 is 0. The van der Waals surface area contributed by atoms with Gasteiger partial charge in [0.2, 0.25) is 0 Å². The minimum atomic E-state index is -0.540. The Bertz CT molecular complexity index is 584. The van der Waals surface area contributed by atoms with Crippen molar-refractivity contribution in [1.82, 2.24) is 0 Å². The Labute approximate surface area is 122 Å². The number of hydrogen-bond donors (Lipinski definition) is 1. The Balaban J connectivity index is 2.28. The van der Waals surface area contributed by atoms with Crippen molar-refractivity contribution in [3.8, 4) is 0 Å². The molecule has 2 aromatic carbocycles. The summed E-state index contributed by atoms with van der Waals surface area (Å²) in [7, 11) is 0. The third-order valence-electron chi connectivity index (χ3n) is 3.76. The van der Waals surface area contributed by atoms with E-state index in [0.717, 1.165) is 17.5 Å². The molecule has 0 saturated heterocycles. The van der Waals surface area contributed by atoms with Crippen molar-refractivity contribution in [2.45, 2.75) is 40.2 Å². The molecular formula is C19H24O. The number of benzene rings is 2. The maximum Gasteiger partial charge on any atom is 0.104 e. The van der Waals surface area contributed by atoms with E-state index in [1.165, 1.54) is 16.7 Å². The van der Waals surface area contributed by atoms with Gasteiger partial charge in [0.25, 0.3) is 0 Å². The molecule has 106 valence electrons. The quantitative estimate of drug-likeness (QED) is 0.860. The molecule has 0 spiro atoms. The molecule has 0 aliphatic heterocycles. The van der Waals surface area contributed by atoms with Crippen LogP contribution in [0.4, 0.5) is 0 Å². The average molecular weight is 268 g/mol. The largest absolute Gasteiger partial charge is 0.384 e. The zero-order chi connectivity index (χ0) is 14.7. The van der Waals surface area contributed by atoms with E-state index in [1.54, 1.807) is 0 Å². The third kappa shape index (κ3) is 3.49. The minimum Gasteiger partial charge on any atom is -0.384 e. The SMILES string of the molecule is Cc1ccc(C(O)c2cccc(CC(C)C)c2)cc1C. The highest BCUT2D eigenvalue weighted by molar-refractivity contribution is 5.37. The first-order valence-corrected chi connectivity index (χ1v) is 7.31. The lowest BCUT2D eigenvalue weighted by Crippen LogP contribution is -2.02. The van der Waals surface area contributed by atoms with E-state index in [0.29, 0.717) is 5.92 Å². The van der Waals surface area contributed by atoms with Gasteiger partial charge in [-0.1, -0.05) is 56.3 Å². The number of aryl methyl sites for hydroxylation is 2. The Kier molecular flexibility index (Phi) is 4.61. The number of hydrogen-bond acceptors (Lipinski definition) is 1. The van der Waals surface area contributed by atoms with Crippen LogP contribution in [0.5, 0.6) is 0 Å². The standard InChI is InChI=1S/C19H24O/c1-13(2)10-16-6-5-7-17(12-16)19(20)18-9-8-14(3)15(4)11-18/h5-9,11-13,19-20H,10H2,1-4H3. The smallest absolute Gasteiger partial charge is 0.104 e. The summed E-state index contributed by atoms with van der Waals surface area (Å²) in [5.41, 5.74) is 5.72. The van der Waals surface area contributed by atoms with Crippen LogP contribution in [0, 0.1) is 19.8 Å². The van der Waals surface area contributed by atoms with E-state index in [1.807, 2.05) is 18.2 Å². The van der Waals surface area contributed by atoms with Crippen molar-refractivity contribution in [1.29, 1.82) is 0 Å². The summed E-state index contributed by atoms with van der Waals surface area (Å²) in [4.78, 5) is 0. The third-order valence-corrected chi connectivity index (χ3v) is 3.76. The molecule has 0 aliphatic carbocycles. The lowest BCUT2D eigenvalue weighted by atomic mass is 9.95. The highest BCUT2D eigenvalue weighted by atomic mass is 16.3. The van der Waals surface area contributed by atoms with Gasteiger partial charge in [-0.3, -0.25) is 0 Å². The maximum absolute atomic E-state index is 10.6.